The third-order valence-electron chi connectivity index (χ3n) is 14.6. The summed E-state index contributed by atoms with van der Waals surface area (Å²) in [5.41, 5.74) is 18.0. The fraction of sp³-hybridized carbons (Fsp3) is 0.0147. The Balaban J connectivity index is 0.970. The maximum atomic E-state index is 6.67. The lowest BCUT2D eigenvalue weighted by molar-refractivity contribution is 0.436. The molecule has 2 aliphatic rings. The fourth-order valence-corrected chi connectivity index (χ4v) is 11.3. The van der Waals surface area contributed by atoms with E-state index in [1.54, 1.807) is 0 Å². The molecule has 14 rings (SSSR count). The maximum absolute atomic E-state index is 6.67. The van der Waals surface area contributed by atoms with Crippen LogP contribution in [0, 0.1) is 0 Å². The van der Waals surface area contributed by atoms with Crippen molar-refractivity contribution in [3.63, 3.8) is 0 Å². The molecule has 0 fully saturated rings. The summed E-state index contributed by atoms with van der Waals surface area (Å²) < 4.78 is 6.67. The third-order valence-corrected chi connectivity index (χ3v) is 14.6. The van der Waals surface area contributed by atoms with Crippen molar-refractivity contribution in [3.8, 4) is 101 Å². The van der Waals surface area contributed by atoms with Gasteiger partial charge in [0.25, 0.3) is 0 Å². The van der Waals surface area contributed by atoms with Crippen molar-refractivity contribution in [1.82, 2.24) is 15.0 Å². The molecule has 0 radical (unpaired) electrons. The van der Waals surface area contributed by atoms with Crippen LogP contribution in [0.15, 0.2) is 261 Å². The Hall–Kier alpha value is -9.51. The lowest BCUT2D eigenvalue weighted by Gasteiger charge is -2.39. The van der Waals surface area contributed by atoms with Crippen LogP contribution in [0.4, 0.5) is 0 Å². The highest BCUT2D eigenvalue weighted by molar-refractivity contribution is 5.96. The molecule has 4 nitrogen and oxygen atoms in total. The van der Waals surface area contributed by atoms with Gasteiger partial charge in [-0.1, -0.05) is 224 Å². The van der Waals surface area contributed by atoms with Crippen LogP contribution in [-0.2, 0) is 5.41 Å². The zero-order chi connectivity index (χ0) is 47.6. The average molecular weight is 918 g/mol. The molecular formula is C68H43N3O. The number of hydrogen-bond acceptors (Lipinski definition) is 4. The lowest BCUT2D eigenvalue weighted by atomic mass is 9.66. The fourth-order valence-electron chi connectivity index (χ4n) is 11.3. The summed E-state index contributed by atoms with van der Waals surface area (Å²) in [6, 6.07) is 92.8. The summed E-state index contributed by atoms with van der Waals surface area (Å²) in [5, 5.41) is 2.37. The molecule has 0 N–H and O–H groups in total. The molecule has 0 unspecified atom stereocenters. The minimum absolute atomic E-state index is 0.596. The summed E-state index contributed by atoms with van der Waals surface area (Å²) in [7, 11) is 0. The first-order valence-electron chi connectivity index (χ1n) is 24.5. The molecule has 1 spiro atoms. The Morgan fingerprint density at radius 1 is 0.250 bits per heavy atom. The summed E-state index contributed by atoms with van der Waals surface area (Å²) in [6.45, 7) is 0. The number of aromatic nitrogens is 3. The van der Waals surface area contributed by atoms with Crippen LogP contribution < -0.4 is 4.74 Å². The molecule has 0 saturated carbocycles. The van der Waals surface area contributed by atoms with Crippen molar-refractivity contribution in [2.45, 2.75) is 5.41 Å². The highest BCUT2D eigenvalue weighted by Crippen LogP contribution is 2.63. The van der Waals surface area contributed by atoms with Gasteiger partial charge in [0, 0.05) is 27.8 Å². The van der Waals surface area contributed by atoms with E-state index in [4.69, 9.17) is 19.7 Å². The van der Waals surface area contributed by atoms with Crippen LogP contribution in [0.2, 0.25) is 0 Å². The predicted molar refractivity (Wildman–Crippen MR) is 293 cm³/mol. The van der Waals surface area contributed by atoms with E-state index >= 15 is 0 Å². The number of fused-ring (bicyclic) bond motifs is 10. The zero-order valence-corrected chi connectivity index (χ0v) is 39.1. The topological polar surface area (TPSA) is 47.9 Å². The smallest absolute Gasteiger partial charge is 0.164 e. The zero-order valence-electron chi connectivity index (χ0n) is 39.1. The van der Waals surface area contributed by atoms with E-state index in [1.807, 2.05) is 0 Å². The number of ether oxygens (including phenoxy) is 1. The molecule has 4 heteroatoms. The van der Waals surface area contributed by atoms with Crippen LogP contribution >= 0.6 is 0 Å². The molecule has 0 bridgehead atoms. The predicted octanol–water partition coefficient (Wildman–Crippen LogP) is 17.2. The van der Waals surface area contributed by atoms with E-state index < -0.39 is 5.41 Å². The van der Waals surface area contributed by atoms with Gasteiger partial charge >= 0.3 is 0 Å². The molecule has 336 valence electrons. The Morgan fingerprint density at radius 3 is 1.35 bits per heavy atom. The van der Waals surface area contributed by atoms with Crippen molar-refractivity contribution in [2.75, 3.05) is 0 Å². The lowest BCUT2D eigenvalue weighted by Crippen LogP contribution is -2.32. The molecule has 0 amide bonds. The highest BCUT2D eigenvalue weighted by atomic mass is 16.5. The largest absolute Gasteiger partial charge is 0.457 e. The van der Waals surface area contributed by atoms with Crippen LogP contribution in [0.3, 0.4) is 0 Å². The van der Waals surface area contributed by atoms with Gasteiger partial charge in [0.1, 0.15) is 11.5 Å². The van der Waals surface area contributed by atoms with Crippen molar-refractivity contribution >= 4 is 10.8 Å². The molecule has 2 heterocycles. The Bertz CT molecular complexity index is 3970. The van der Waals surface area contributed by atoms with E-state index in [1.165, 1.54) is 44.2 Å². The molecule has 72 heavy (non-hydrogen) atoms. The molecule has 1 aromatic heterocycles. The van der Waals surface area contributed by atoms with E-state index in [-0.39, 0.29) is 0 Å². The standard InChI is InChI=1S/C68H43N3O/c1-3-18-44(19-4-1)51-41-52(45-20-5-2-6-21-45)43-53(42-51)47-34-37-48(38-35-47)65-69-66(55-25-10-9-24-54(55)50-39-36-46-22-7-8-23-49(46)40-50)71-67(70-65)57-27-17-31-61-64(57)56-26-11-12-28-58(56)68(61)59-29-13-15-32-62(59)72-63-33-16-14-30-60(63)68/h1-43H. The molecular weight excluding hydrogens is 875 g/mol. The van der Waals surface area contributed by atoms with Crippen LogP contribution in [-0.4, -0.2) is 15.0 Å². The van der Waals surface area contributed by atoms with Gasteiger partial charge in [0.2, 0.25) is 0 Å². The van der Waals surface area contributed by atoms with E-state index in [2.05, 4.69) is 261 Å². The second-order valence-corrected chi connectivity index (χ2v) is 18.6. The molecule has 12 aromatic rings. The molecule has 1 aliphatic heterocycles. The third kappa shape index (κ3) is 6.72. The molecule has 0 atom stereocenters. The van der Waals surface area contributed by atoms with E-state index in [9.17, 15) is 0 Å². The van der Waals surface area contributed by atoms with Crippen LogP contribution in [0.25, 0.3) is 101 Å². The van der Waals surface area contributed by atoms with Gasteiger partial charge in [0.15, 0.2) is 17.5 Å². The summed E-state index contributed by atoms with van der Waals surface area (Å²) in [5.74, 6) is 3.51. The van der Waals surface area contributed by atoms with Gasteiger partial charge in [0.05, 0.1) is 5.41 Å². The van der Waals surface area contributed by atoms with Crippen molar-refractivity contribution < 1.29 is 4.74 Å². The van der Waals surface area contributed by atoms with Gasteiger partial charge in [-0.25, -0.2) is 15.0 Å². The first-order chi connectivity index (χ1) is 35.7. The molecule has 1 aliphatic carbocycles. The second-order valence-electron chi connectivity index (χ2n) is 18.6. The van der Waals surface area contributed by atoms with Gasteiger partial charge < -0.3 is 4.74 Å². The van der Waals surface area contributed by atoms with Gasteiger partial charge in [-0.3, -0.25) is 0 Å². The number of nitrogens with zero attached hydrogens (tertiary/aromatic N) is 3. The monoisotopic (exact) mass is 917 g/mol. The van der Waals surface area contributed by atoms with E-state index in [0.717, 1.165) is 72.7 Å². The number of para-hydroxylation sites is 2. The first kappa shape index (κ1) is 41.5. The first-order valence-corrected chi connectivity index (χ1v) is 24.5. The number of hydrogen-bond donors (Lipinski definition) is 0. The Kier molecular flexibility index (Phi) is 9.71. The minimum atomic E-state index is -0.636. The van der Waals surface area contributed by atoms with Crippen LogP contribution in [0.1, 0.15) is 22.3 Å². The molecule has 11 aromatic carbocycles. The maximum Gasteiger partial charge on any atom is 0.164 e. The average Bonchev–Trinajstić information content (AvgIpc) is 3.76. The quantitative estimate of drug-likeness (QED) is 0.160. The van der Waals surface area contributed by atoms with Crippen LogP contribution in [0.5, 0.6) is 11.5 Å². The normalized spacial score (nSPS) is 12.7. The van der Waals surface area contributed by atoms with Crippen molar-refractivity contribution in [2.24, 2.45) is 0 Å². The SMILES string of the molecule is c1ccc(-c2cc(-c3ccccc3)cc(-c3ccc(-c4nc(-c5ccccc5-c5ccc6ccccc6c5)nc(-c5cccc6c5-c5ccccc5C65c6ccccc6Oc6ccccc65)n4)cc3)c2)cc1. The van der Waals surface area contributed by atoms with Gasteiger partial charge in [-0.05, 0) is 114 Å². The van der Waals surface area contributed by atoms with Crippen molar-refractivity contribution in [1.29, 1.82) is 0 Å². The summed E-state index contributed by atoms with van der Waals surface area (Å²) in [4.78, 5) is 16.4. The highest BCUT2D eigenvalue weighted by Gasteiger charge is 2.51. The number of benzene rings is 11. The summed E-state index contributed by atoms with van der Waals surface area (Å²) in [6.07, 6.45) is 0. The van der Waals surface area contributed by atoms with Crippen molar-refractivity contribution in [3.05, 3.63) is 283 Å². The minimum Gasteiger partial charge on any atom is -0.457 e. The second kappa shape index (κ2) is 16.9. The summed E-state index contributed by atoms with van der Waals surface area (Å²) >= 11 is 0. The number of rotatable bonds is 7. The Morgan fingerprint density at radius 2 is 0.694 bits per heavy atom. The Labute approximate surface area is 418 Å². The van der Waals surface area contributed by atoms with Gasteiger partial charge in [-0.2, -0.15) is 0 Å². The molecule has 0 saturated heterocycles. The van der Waals surface area contributed by atoms with Gasteiger partial charge in [-0.15, -0.1) is 0 Å². The van der Waals surface area contributed by atoms with E-state index in [0.29, 0.717) is 17.5 Å².